The van der Waals surface area contributed by atoms with Gasteiger partial charge in [0, 0.05) is 39.0 Å². The first-order valence-electron chi connectivity index (χ1n) is 10.9. The lowest BCUT2D eigenvalue weighted by atomic mass is 10.2. The lowest BCUT2D eigenvalue weighted by molar-refractivity contribution is -0.141. The van der Waals surface area contributed by atoms with E-state index >= 15 is 0 Å². The van der Waals surface area contributed by atoms with Crippen molar-refractivity contribution in [3.8, 4) is 0 Å². The third-order valence-electron chi connectivity index (χ3n) is 5.79. The van der Waals surface area contributed by atoms with Crippen LogP contribution in [0.25, 0.3) is 10.2 Å². The standard InChI is InChI=1S/C22H28N4O4S/c1-2-16-4-5-17-18(14-16)31-22(23-17)25(9-3-8-24-10-12-30-13-11-24)21(29)15-26-19(27)6-7-20(26)28/h4-5,14H,2-3,6-13,15H2,1H3. The molecule has 3 amide bonds. The first-order chi connectivity index (χ1) is 15.0. The number of hydrogen-bond donors (Lipinski definition) is 0. The second-order valence-electron chi connectivity index (χ2n) is 7.88. The molecule has 0 spiro atoms. The van der Waals surface area contributed by atoms with E-state index in [-0.39, 0.29) is 37.1 Å². The zero-order valence-corrected chi connectivity index (χ0v) is 18.7. The minimum Gasteiger partial charge on any atom is -0.379 e. The molecule has 8 nitrogen and oxygen atoms in total. The van der Waals surface area contributed by atoms with Gasteiger partial charge in [-0.2, -0.15) is 0 Å². The Kier molecular flexibility index (Phi) is 6.94. The number of benzene rings is 1. The molecule has 1 aromatic carbocycles. The van der Waals surface area contributed by atoms with Crippen LogP contribution in [0.3, 0.4) is 0 Å². The topological polar surface area (TPSA) is 83.1 Å². The molecule has 0 radical (unpaired) electrons. The SMILES string of the molecule is CCc1ccc2nc(N(CCCN3CCOCC3)C(=O)CN3C(=O)CCC3=O)sc2c1. The summed E-state index contributed by atoms with van der Waals surface area (Å²) in [5, 5.41) is 0.620. The van der Waals surface area contributed by atoms with Crippen LogP contribution < -0.4 is 4.90 Å². The summed E-state index contributed by atoms with van der Waals surface area (Å²) in [7, 11) is 0. The first kappa shape index (κ1) is 21.9. The van der Waals surface area contributed by atoms with Crippen LogP contribution in [0.1, 0.15) is 31.7 Å². The van der Waals surface area contributed by atoms with Crippen LogP contribution >= 0.6 is 11.3 Å². The molecular formula is C22H28N4O4S. The minimum absolute atomic E-state index is 0.185. The van der Waals surface area contributed by atoms with Crippen molar-refractivity contribution >= 4 is 44.4 Å². The molecule has 3 heterocycles. The number of nitrogens with zero attached hydrogens (tertiary/aromatic N) is 4. The Balaban J connectivity index is 1.51. The van der Waals surface area contributed by atoms with Crippen molar-refractivity contribution in [2.45, 2.75) is 32.6 Å². The molecule has 1 aromatic heterocycles. The monoisotopic (exact) mass is 444 g/mol. The van der Waals surface area contributed by atoms with Crippen LogP contribution in [0, 0.1) is 0 Å². The number of amides is 3. The number of morpholine rings is 1. The number of aromatic nitrogens is 1. The van der Waals surface area contributed by atoms with E-state index in [1.54, 1.807) is 4.90 Å². The number of anilines is 1. The number of likely N-dealkylation sites (tertiary alicyclic amines) is 1. The second kappa shape index (κ2) is 9.84. The highest BCUT2D eigenvalue weighted by Crippen LogP contribution is 2.30. The highest BCUT2D eigenvalue weighted by molar-refractivity contribution is 7.22. The van der Waals surface area contributed by atoms with Gasteiger partial charge >= 0.3 is 0 Å². The molecule has 2 aliphatic heterocycles. The molecule has 0 unspecified atom stereocenters. The fraction of sp³-hybridized carbons (Fsp3) is 0.545. The predicted molar refractivity (Wildman–Crippen MR) is 119 cm³/mol. The third kappa shape index (κ3) is 5.11. The highest BCUT2D eigenvalue weighted by Gasteiger charge is 2.32. The maximum absolute atomic E-state index is 13.2. The van der Waals surface area contributed by atoms with Gasteiger partial charge in [-0.15, -0.1) is 0 Å². The molecule has 2 fully saturated rings. The summed E-state index contributed by atoms with van der Waals surface area (Å²) >= 11 is 1.48. The number of carbonyl (C=O) groups is 3. The average Bonchev–Trinajstić information content (AvgIpc) is 3.34. The number of rotatable bonds is 8. The first-order valence-corrected chi connectivity index (χ1v) is 11.7. The summed E-state index contributed by atoms with van der Waals surface area (Å²) in [6.07, 6.45) is 2.09. The molecule has 31 heavy (non-hydrogen) atoms. The number of thiazole rings is 1. The zero-order valence-electron chi connectivity index (χ0n) is 17.8. The van der Waals surface area contributed by atoms with Gasteiger partial charge in [-0.25, -0.2) is 4.98 Å². The molecule has 9 heteroatoms. The summed E-state index contributed by atoms with van der Waals surface area (Å²) in [5.41, 5.74) is 2.08. The number of carbonyl (C=O) groups excluding carboxylic acids is 3. The number of imide groups is 1. The van der Waals surface area contributed by atoms with Crippen molar-refractivity contribution in [1.29, 1.82) is 0 Å². The largest absolute Gasteiger partial charge is 0.379 e. The van der Waals surface area contributed by atoms with Gasteiger partial charge in [0.15, 0.2) is 5.13 Å². The van der Waals surface area contributed by atoms with Crippen LogP contribution in [0.4, 0.5) is 5.13 Å². The molecule has 0 bridgehead atoms. The van der Waals surface area contributed by atoms with Crippen molar-refractivity contribution in [3.63, 3.8) is 0 Å². The van der Waals surface area contributed by atoms with E-state index in [0.717, 1.165) is 60.8 Å². The molecule has 2 aromatic rings. The molecule has 0 aliphatic carbocycles. The van der Waals surface area contributed by atoms with Gasteiger partial charge in [-0.1, -0.05) is 24.3 Å². The molecule has 2 saturated heterocycles. The Labute approximate surface area is 185 Å². The molecule has 2 aliphatic rings. The third-order valence-corrected chi connectivity index (χ3v) is 6.83. The Morgan fingerprint density at radius 3 is 2.65 bits per heavy atom. The summed E-state index contributed by atoms with van der Waals surface area (Å²) in [5.74, 6) is -0.813. The van der Waals surface area contributed by atoms with Crippen LogP contribution in [0.15, 0.2) is 18.2 Å². The lowest BCUT2D eigenvalue weighted by Crippen LogP contribution is -2.44. The Morgan fingerprint density at radius 1 is 1.19 bits per heavy atom. The van der Waals surface area contributed by atoms with Crippen molar-refractivity contribution in [2.75, 3.05) is 50.8 Å². The molecular weight excluding hydrogens is 416 g/mol. The molecule has 0 atom stereocenters. The van der Waals surface area contributed by atoms with E-state index in [4.69, 9.17) is 4.74 Å². The fourth-order valence-corrected chi connectivity index (χ4v) is 4.99. The van der Waals surface area contributed by atoms with E-state index in [1.807, 2.05) is 6.07 Å². The normalized spacial score (nSPS) is 17.6. The van der Waals surface area contributed by atoms with Crippen molar-refractivity contribution in [2.24, 2.45) is 0 Å². The molecule has 166 valence electrons. The van der Waals surface area contributed by atoms with Crippen LogP contribution in [-0.4, -0.2) is 78.4 Å². The van der Waals surface area contributed by atoms with Crippen molar-refractivity contribution in [3.05, 3.63) is 23.8 Å². The van der Waals surface area contributed by atoms with E-state index in [9.17, 15) is 14.4 Å². The fourth-order valence-electron chi connectivity index (χ4n) is 3.92. The zero-order chi connectivity index (χ0) is 21.8. The maximum atomic E-state index is 13.2. The minimum atomic E-state index is -0.275. The predicted octanol–water partition coefficient (Wildman–Crippen LogP) is 2.06. The Bertz CT molecular complexity index is 954. The van der Waals surface area contributed by atoms with Gasteiger partial charge in [0.2, 0.25) is 17.7 Å². The number of ether oxygens (including phenoxy) is 1. The Hall–Kier alpha value is -2.36. The van der Waals surface area contributed by atoms with Crippen molar-refractivity contribution < 1.29 is 19.1 Å². The van der Waals surface area contributed by atoms with Gasteiger partial charge in [0.05, 0.1) is 23.4 Å². The summed E-state index contributed by atoms with van der Waals surface area (Å²) in [6.45, 7) is 6.50. The van der Waals surface area contributed by atoms with E-state index in [2.05, 4.69) is 28.9 Å². The van der Waals surface area contributed by atoms with E-state index < -0.39 is 0 Å². The van der Waals surface area contributed by atoms with Gasteiger partial charge in [0.25, 0.3) is 0 Å². The lowest BCUT2D eigenvalue weighted by Gasteiger charge is -2.28. The van der Waals surface area contributed by atoms with Gasteiger partial charge in [0.1, 0.15) is 6.54 Å². The van der Waals surface area contributed by atoms with Gasteiger partial charge < -0.3 is 4.74 Å². The van der Waals surface area contributed by atoms with E-state index in [1.165, 1.54) is 16.9 Å². The highest BCUT2D eigenvalue weighted by atomic mass is 32.1. The second-order valence-corrected chi connectivity index (χ2v) is 8.89. The summed E-state index contributed by atoms with van der Waals surface area (Å²) in [6, 6.07) is 6.15. The summed E-state index contributed by atoms with van der Waals surface area (Å²) in [4.78, 5) is 47.0. The van der Waals surface area contributed by atoms with Crippen LogP contribution in [0.5, 0.6) is 0 Å². The number of fused-ring (bicyclic) bond motifs is 1. The molecule has 4 rings (SSSR count). The summed E-state index contributed by atoms with van der Waals surface area (Å²) < 4.78 is 6.43. The van der Waals surface area contributed by atoms with Gasteiger partial charge in [-0.3, -0.25) is 29.1 Å². The smallest absolute Gasteiger partial charge is 0.248 e. The number of hydrogen-bond acceptors (Lipinski definition) is 7. The van der Waals surface area contributed by atoms with Crippen molar-refractivity contribution in [1.82, 2.24) is 14.8 Å². The molecule has 0 saturated carbocycles. The van der Waals surface area contributed by atoms with Gasteiger partial charge in [-0.05, 0) is 30.5 Å². The molecule has 0 N–H and O–H groups in total. The van der Waals surface area contributed by atoms with Crippen LogP contribution in [-0.2, 0) is 25.5 Å². The van der Waals surface area contributed by atoms with Crippen LogP contribution in [0.2, 0.25) is 0 Å². The van der Waals surface area contributed by atoms with E-state index in [0.29, 0.717) is 11.7 Å². The quantitative estimate of drug-likeness (QED) is 0.580. The number of aryl methyl sites for hydroxylation is 1. The Morgan fingerprint density at radius 2 is 1.94 bits per heavy atom. The maximum Gasteiger partial charge on any atom is 0.248 e. The average molecular weight is 445 g/mol.